The number of nitrogens with one attached hydrogen (secondary N) is 1. The maximum absolute atomic E-state index is 13.0. The van der Waals surface area contributed by atoms with Gasteiger partial charge in [-0.2, -0.15) is 0 Å². The average Bonchev–Trinajstić information content (AvgIpc) is 2.39. The molecule has 3 N–H and O–H groups in total. The number of nitrogens with two attached hydrogens (primary N) is 1. The molecule has 0 aliphatic rings. The van der Waals surface area contributed by atoms with Crippen molar-refractivity contribution in [3.8, 4) is 0 Å². The van der Waals surface area contributed by atoms with E-state index in [0.717, 1.165) is 5.69 Å². The van der Waals surface area contributed by atoms with Crippen LogP contribution in [0.5, 0.6) is 0 Å². The molecule has 0 heterocycles. The minimum Gasteiger partial charge on any atom is -0.377 e. The number of halogens is 3. The highest BCUT2D eigenvalue weighted by Gasteiger charge is 2.13. The molecule has 0 spiro atoms. The lowest BCUT2D eigenvalue weighted by atomic mass is 10.1. The Morgan fingerprint density at radius 3 is 2.26 bits per heavy atom. The van der Waals surface area contributed by atoms with E-state index in [0.29, 0.717) is 10.6 Å². The Bertz CT molecular complexity index is 558. The van der Waals surface area contributed by atoms with E-state index >= 15 is 0 Å². The monoisotopic (exact) mass is 282 g/mol. The Kier molecular flexibility index (Phi) is 4.35. The fourth-order valence-corrected chi connectivity index (χ4v) is 2.09. The first-order valence-electron chi connectivity index (χ1n) is 5.77. The van der Waals surface area contributed by atoms with Crippen LogP contribution in [0.25, 0.3) is 0 Å². The molecule has 100 valence electrons. The van der Waals surface area contributed by atoms with Crippen molar-refractivity contribution in [2.75, 3.05) is 11.9 Å². The van der Waals surface area contributed by atoms with Crippen LogP contribution in [0.2, 0.25) is 5.02 Å². The Balaban J connectivity index is 2.22. The summed E-state index contributed by atoms with van der Waals surface area (Å²) in [5.74, 6) is -0.707. The van der Waals surface area contributed by atoms with Gasteiger partial charge in [-0.3, -0.25) is 0 Å². The molecular weight excluding hydrogens is 270 g/mol. The number of anilines is 1. The van der Waals surface area contributed by atoms with Gasteiger partial charge >= 0.3 is 0 Å². The number of rotatable bonds is 4. The Morgan fingerprint density at radius 2 is 1.68 bits per heavy atom. The quantitative estimate of drug-likeness (QED) is 0.897. The zero-order valence-corrected chi connectivity index (χ0v) is 10.8. The van der Waals surface area contributed by atoms with Crippen molar-refractivity contribution in [2.45, 2.75) is 6.04 Å². The van der Waals surface area contributed by atoms with E-state index < -0.39 is 5.82 Å². The van der Waals surface area contributed by atoms with Gasteiger partial charge in [0.15, 0.2) is 0 Å². The van der Waals surface area contributed by atoms with Crippen LogP contribution in [0.1, 0.15) is 11.6 Å². The van der Waals surface area contributed by atoms with Crippen molar-refractivity contribution in [1.29, 1.82) is 0 Å². The van der Waals surface area contributed by atoms with E-state index in [2.05, 4.69) is 5.32 Å². The highest BCUT2D eigenvalue weighted by atomic mass is 35.5. The summed E-state index contributed by atoms with van der Waals surface area (Å²) in [5.41, 5.74) is 7.12. The SMILES string of the molecule is NCC(Nc1ccc(F)cc1)c1ccc(F)cc1Cl. The molecule has 0 radical (unpaired) electrons. The predicted octanol–water partition coefficient (Wildman–Crippen LogP) is 3.73. The van der Waals surface area contributed by atoms with Crippen molar-refractivity contribution >= 4 is 17.3 Å². The van der Waals surface area contributed by atoms with E-state index in [1.165, 1.54) is 24.3 Å². The Labute approximate surface area is 115 Å². The van der Waals surface area contributed by atoms with Crippen LogP contribution in [0.15, 0.2) is 42.5 Å². The predicted molar refractivity (Wildman–Crippen MR) is 73.2 cm³/mol. The van der Waals surface area contributed by atoms with Gasteiger partial charge in [-0.1, -0.05) is 17.7 Å². The van der Waals surface area contributed by atoms with Gasteiger partial charge in [0, 0.05) is 17.3 Å². The molecule has 0 saturated heterocycles. The summed E-state index contributed by atoms with van der Waals surface area (Å²) in [6.07, 6.45) is 0. The summed E-state index contributed by atoms with van der Waals surface area (Å²) in [4.78, 5) is 0. The first-order chi connectivity index (χ1) is 9.10. The average molecular weight is 283 g/mol. The van der Waals surface area contributed by atoms with Crippen molar-refractivity contribution in [1.82, 2.24) is 0 Å². The largest absolute Gasteiger partial charge is 0.377 e. The van der Waals surface area contributed by atoms with Gasteiger partial charge < -0.3 is 11.1 Å². The minimum absolute atomic E-state index is 0.265. The van der Waals surface area contributed by atoms with E-state index in [4.69, 9.17) is 17.3 Å². The smallest absolute Gasteiger partial charge is 0.124 e. The Hall–Kier alpha value is -1.65. The second kappa shape index (κ2) is 5.99. The molecule has 2 aromatic rings. The van der Waals surface area contributed by atoms with Crippen molar-refractivity contribution in [2.24, 2.45) is 5.73 Å². The molecule has 0 saturated carbocycles. The second-order valence-electron chi connectivity index (χ2n) is 4.11. The summed E-state index contributed by atoms with van der Waals surface area (Å²) >= 11 is 6.00. The normalized spacial score (nSPS) is 12.2. The maximum Gasteiger partial charge on any atom is 0.124 e. The third-order valence-corrected chi connectivity index (χ3v) is 3.09. The summed E-state index contributed by atoms with van der Waals surface area (Å²) in [5, 5.41) is 3.44. The van der Waals surface area contributed by atoms with Crippen molar-refractivity contribution in [3.63, 3.8) is 0 Å². The van der Waals surface area contributed by atoms with Gasteiger partial charge in [0.1, 0.15) is 11.6 Å². The molecule has 2 rings (SSSR count). The molecule has 2 aromatic carbocycles. The molecule has 0 bridgehead atoms. The van der Waals surface area contributed by atoms with Crippen LogP contribution in [-0.4, -0.2) is 6.54 Å². The molecule has 5 heteroatoms. The first kappa shape index (κ1) is 13.8. The van der Waals surface area contributed by atoms with E-state index in [9.17, 15) is 8.78 Å². The molecule has 2 nitrogen and oxygen atoms in total. The summed E-state index contributed by atoms with van der Waals surface area (Å²) < 4.78 is 25.8. The van der Waals surface area contributed by atoms with Gasteiger partial charge in [-0.25, -0.2) is 8.78 Å². The summed E-state index contributed by atoms with van der Waals surface area (Å²) in [7, 11) is 0. The molecule has 0 aromatic heterocycles. The van der Waals surface area contributed by atoms with Crippen LogP contribution >= 0.6 is 11.6 Å². The molecule has 0 aliphatic carbocycles. The molecule has 1 unspecified atom stereocenters. The zero-order chi connectivity index (χ0) is 13.8. The lowest BCUT2D eigenvalue weighted by Crippen LogP contribution is -2.21. The highest BCUT2D eigenvalue weighted by Crippen LogP contribution is 2.26. The fraction of sp³-hybridized carbons (Fsp3) is 0.143. The van der Waals surface area contributed by atoms with Crippen LogP contribution in [0, 0.1) is 11.6 Å². The van der Waals surface area contributed by atoms with Crippen LogP contribution in [0.3, 0.4) is 0 Å². The third-order valence-electron chi connectivity index (χ3n) is 2.76. The third kappa shape index (κ3) is 3.43. The zero-order valence-electron chi connectivity index (χ0n) is 10.0. The summed E-state index contributed by atoms with van der Waals surface area (Å²) in [6, 6.07) is 9.81. The lowest BCUT2D eigenvalue weighted by Gasteiger charge is -2.19. The fourth-order valence-electron chi connectivity index (χ4n) is 1.80. The van der Waals surface area contributed by atoms with Crippen molar-refractivity contribution in [3.05, 3.63) is 64.7 Å². The molecule has 0 aliphatic heterocycles. The van der Waals surface area contributed by atoms with Gasteiger partial charge in [0.05, 0.1) is 6.04 Å². The minimum atomic E-state index is -0.397. The van der Waals surface area contributed by atoms with Crippen LogP contribution in [0.4, 0.5) is 14.5 Å². The standard InChI is InChI=1S/C14H13ClF2N2/c15-13-7-10(17)3-6-12(13)14(8-18)19-11-4-1-9(16)2-5-11/h1-7,14,19H,8,18H2. The number of benzene rings is 2. The first-order valence-corrected chi connectivity index (χ1v) is 6.15. The van der Waals surface area contributed by atoms with Crippen LogP contribution in [-0.2, 0) is 0 Å². The lowest BCUT2D eigenvalue weighted by molar-refractivity contribution is 0.625. The van der Waals surface area contributed by atoms with Crippen molar-refractivity contribution < 1.29 is 8.78 Å². The van der Waals surface area contributed by atoms with Gasteiger partial charge in [-0.05, 0) is 42.0 Å². The maximum atomic E-state index is 13.0. The molecule has 0 fully saturated rings. The van der Waals surface area contributed by atoms with Gasteiger partial charge in [0.25, 0.3) is 0 Å². The molecule has 19 heavy (non-hydrogen) atoms. The Morgan fingerprint density at radius 1 is 1.05 bits per heavy atom. The number of hydrogen-bond donors (Lipinski definition) is 2. The second-order valence-corrected chi connectivity index (χ2v) is 4.51. The van der Waals surface area contributed by atoms with E-state index in [1.807, 2.05) is 0 Å². The number of hydrogen-bond acceptors (Lipinski definition) is 2. The summed E-state index contributed by atoms with van der Waals surface area (Å²) in [6.45, 7) is 0.280. The van der Waals surface area contributed by atoms with E-state index in [1.54, 1.807) is 18.2 Å². The molecule has 0 amide bonds. The van der Waals surface area contributed by atoms with E-state index in [-0.39, 0.29) is 18.4 Å². The highest BCUT2D eigenvalue weighted by molar-refractivity contribution is 6.31. The van der Waals surface area contributed by atoms with Gasteiger partial charge in [0.2, 0.25) is 0 Å². The van der Waals surface area contributed by atoms with Crippen LogP contribution < -0.4 is 11.1 Å². The topological polar surface area (TPSA) is 38.0 Å². The molecule has 1 atom stereocenters. The molecular formula is C14H13ClF2N2. The van der Waals surface area contributed by atoms with Gasteiger partial charge in [-0.15, -0.1) is 0 Å².